The SMILES string of the molecule is Brc1ccc2ccccc2c1Br.Brc1ccc2ccccc2c1C#Cc1ccc2ccccc2c1.C#Cc1ccc2ccccc2c1. The Morgan fingerprint density at radius 1 is 0.383 bits per heavy atom. The topological polar surface area (TPSA) is 0 Å². The normalized spacial score (nSPS) is 10.3. The number of hydrogen-bond donors (Lipinski definition) is 0. The van der Waals surface area contributed by atoms with Crippen molar-refractivity contribution in [2.24, 2.45) is 0 Å². The van der Waals surface area contributed by atoms with Crippen LogP contribution in [0.25, 0.3) is 43.1 Å². The van der Waals surface area contributed by atoms with Crippen LogP contribution in [-0.2, 0) is 0 Å². The lowest BCUT2D eigenvalue weighted by Crippen LogP contribution is -1.83. The van der Waals surface area contributed by atoms with E-state index in [1.807, 2.05) is 48.5 Å². The fourth-order valence-electron chi connectivity index (χ4n) is 5.26. The second kappa shape index (κ2) is 15.3. The summed E-state index contributed by atoms with van der Waals surface area (Å²) in [5.41, 5.74) is 3.01. The van der Waals surface area contributed by atoms with Crippen molar-refractivity contribution >= 4 is 90.9 Å². The molecule has 0 nitrogen and oxygen atoms in total. The first kappa shape index (κ1) is 32.3. The molecule has 0 unspecified atom stereocenters. The number of fused-ring (bicyclic) bond motifs is 4. The highest BCUT2D eigenvalue weighted by Crippen LogP contribution is 2.31. The summed E-state index contributed by atoms with van der Waals surface area (Å²) in [6, 6.07) is 53.9. The third kappa shape index (κ3) is 7.85. The Bertz CT molecular complexity index is 2470. The summed E-state index contributed by atoms with van der Waals surface area (Å²) in [6.07, 6.45) is 5.29. The van der Waals surface area contributed by atoms with Gasteiger partial charge in [0.2, 0.25) is 0 Å². The van der Waals surface area contributed by atoms with Crippen LogP contribution in [0.5, 0.6) is 0 Å². The highest BCUT2D eigenvalue weighted by molar-refractivity contribution is 9.13. The summed E-state index contributed by atoms with van der Waals surface area (Å²) >= 11 is 10.6. The summed E-state index contributed by atoms with van der Waals surface area (Å²) in [6.45, 7) is 0. The van der Waals surface area contributed by atoms with Gasteiger partial charge in [-0.1, -0.05) is 139 Å². The fourth-order valence-corrected chi connectivity index (χ4v) is 6.54. The minimum atomic E-state index is 0.939. The average molecular weight is 795 g/mol. The molecule has 0 heterocycles. The van der Waals surface area contributed by atoms with E-state index < -0.39 is 0 Å². The van der Waals surface area contributed by atoms with Crippen molar-refractivity contribution in [1.29, 1.82) is 0 Å². The number of terminal acetylenes is 1. The molecule has 0 aliphatic carbocycles. The second-order valence-corrected chi connectivity index (χ2v) is 13.2. The lowest BCUT2D eigenvalue weighted by atomic mass is 10.0. The second-order valence-electron chi connectivity index (χ2n) is 10.7. The maximum absolute atomic E-state index is 5.29. The van der Waals surface area contributed by atoms with Crippen molar-refractivity contribution in [3.8, 4) is 24.2 Å². The van der Waals surface area contributed by atoms with Crippen molar-refractivity contribution in [2.75, 3.05) is 0 Å². The highest BCUT2D eigenvalue weighted by Gasteiger charge is 2.03. The fraction of sp³-hybridized carbons (Fsp3) is 0. The first-order chi connectivity index (χ1) is 23.0. The van der Waals surface area contributed by atoms with Crippen molar-refractivity contribution in [2.45, 2.75) is 0 Å². The van der Waals surface area contributed by atoms with E-state index in [4.69, 9.17) is 6.42 Å². The molecule has 0 spiro atoms. The molecular weight excluding hydrogens is 768 g/mol. The van der Waals surface area contributed by atoms with E-state index in [-0.39, 0.29) is 0 Å². The zero-order valence-corrected chi connectivity index (χ0v) is 30.0. The Morgan fingerprint density at radius 2 is 0.830 bits per heavy atom. The first-order valence-electron chi connectivity index (χ1n) is 15.0. The molecule has 8 rings (SSSR count). The summed E-state index contributed by atoms with van der Waals surface area (Å²) in [4.78, 5) is 0. The predicted octanol–water partition coefficient (Wildman–Crippen LogP) is 13.3. The van der Waals surface area contributed by atoms with Gasteiger partial charge in [0.05, 0.1) is 0 Å². The molecule has 0 amide bonds. The molecule has 3 heteroatoms. The molecular formula is C44H27Br3. The number of benzene rings is 8. The van der Waals surface area contributed by atoms with Crippen LogP contribution in [0.2, 0.25) is 0 Å². The van der Waals surface area contributed by atoms with E-state index in [1.54, 1.807) is 0 Å². The van der Waals surface area contributed by atoms with Crippen LogP contribution in [-0.4, -0.2) is 0 Å². The van der Waals surface area contributed by atoms with Crippen molar-refractivity contribution < 1.29 is 0 Å². The van der Waals surface area contributed by atoms with Crippen molar-refractivity contribution in [1.82, 2.24) is 0 Å². The molecule has 0 N–H and O–H groups in total. The zero-order valence-electron chi connectivity index (χ0n) is 25.2. The lowest BCUT2D eigenvalue weighted by Gasteiger charge is -2.03. The summed E-state index contributed by atoms with van der Waals surface area (Å²) in [5.74, 6) is 9.27. The highest BCUT2D eigenvalue weighted by atomic mass is 79.9. The van der Waals surface area contributed by atoms with E-state index in [2.05, 4.69) is 175 Å². The molecule has 8 aromatic carbocycles. The van der Waals surface area contributed by atoms with Crippen LogP contribution in [0.1, 0.15) is 16.7 Å². The maximum Gasteiger partial charge on any atom is 0.0469 e. The third-order valence-electron chi connectivity index (χ3n) is 7.69. The smallest absolute Gasteiger partial charge is 0.0469 e. The lowest BCUT2D eigenvalue weighted by molar-refractivity contribution is 1.64. The predicted molar refractivity (Wildman–Crippen MR) is 213 cm³/mol. The molecule has 0 saturated heterocycles. The van der Waals surface area contributed by atoms with Gasteiger partial charge in [0.1, 0.15) is 0 Å². The summed E-state index contributed by atoms with van der Waals surface area (Å²) in [7, 11) is 0. The number of hydrogen-bond acceptors (Lipinski definition) is 0. The Labute approximate surface area is 300 Å². The Kier molecular flexibility index (Phi) is 10.5. The van der Waals surface area contributed by atoms with Gasteiger partial charge < -0.3 is 0 Å². The number of halogens is 3. The van der Waals surface area contributed by atoms with Gasteiger partial charge in [-0.3, -0.25) is 0 Å². The molecule has 0 aliphatic rings. The van der Waals surface area contributed by atoms with Gasteiger partial charge in [-0.2, -0.15) is 0 Å². The van der Waals surface area contributed by atoms with Gasteiger partial charge in [-0.25, -0.2) is 0 Å². The molecule has 47 heavy (non-hydrogen) atoms. The number of rotatable bonds is 0. The molecule has 0 radical (unpaired) electrons. The average Bonchev–Trinajstić information content (AvgIpc) is 3.13. The van der Waals surface area contributed by atoms with Crippen LogP contribution >= 0.6 is 47.8 Å². The standard InChI is InChI=1S/C22H13Br.C12H8.C10H6Br2/c23-22-14-12-18-6-3-4-8-20(18)21(22)13-10-16-9-11-17-5-1-2-7-19(17)15-16;1-2-10-7-8-11-5-3-4-6-12(11)9-10;11-9-6-5-7-3-1-2-4-8(7)10(9)12/h1-9,11-12,14-15H;1,3-9H;1-6H. The molecule has 0 aromatic heterocycles. The first-order valence-corrected chi connectivity index (χ1v) is 17.3. The van der Waals surface area contributed by atoms with Crippen LogP contribution in [0, 0.1) is 24.2 Å². The van der Waals surface area contributed by atoms with E-state index in [0.717, 1.165) is 30.1 Å². The third-order valence-corrected chi connectivity index (χ3v) is 10.4. The quantitative estimate of drug-likeness (QED) is 0.134. The monoisotopic (exact) mass is 792 g/mol. The molecule has 0 saturated carbocycles. The van der Waals surface area contributed by atoms with E-state index >= 15 is 0 Å². The molecule has 224 valence electrons. The summed E-state index contributed by atoms with van der Waals surface area (Å²) < 4.78 is 3.26. The van der Waals surface area contributed by atoms with E-state index in [9.17, 15) is 0 Å². The van der Waals surface area contributed by atoms with Crippen LogP contribution < -0.4 is 0 Å². The molecule has 0 aliphatic heterocycles. The Balaban J connectivity index is 0.000000136. The Hall–Kier alpha value is -4.64. The Morgan fingerprint density at radius 3 is 1.45 bits per heavy atom. The largest absolute Gasteiger partial charge is 0.115 e. The molecule has 8 aromatic rings. The van der Waals surface area contributed by atoms with Gasteiger partial charge in [0.15, 0.2) is 0 Å². The van der Waals surface area contributed by atoms with E-state index in [0.29, 0.717) is 0 Å². The van der Waals surface area contributed by atoms with Gasteiger partial charge >= 0.3 is 0 Å². The van der Waals surface area contributed by atoms with Crippen LogP contribution in [0.4, 0.5) is 0 Å². The van der Waals surface area contributed by atoms with Crippen molar-refractivity contribution in [3.05, 3.63) is 188 Å². The molecule has 0 atom stereocenters. The zero-order chi connectivity index (χ0) is 32.6. The summed E-state index contributed by atoms with van der Waals surface area (Å²) in [5, 5.41) is 9.78. The van der Waals surface area contributed by atoms with Gasteiger partial charge in [-0.15, -0.1) is 6.42 Å². The molecule has 0 bridgehead atoms. The van der Waals surface area contributed by atoms with Crippen molar-refractivity contribution in [3.63, 3.8) is 0 Å². The van der Waals surface area contributed by atoms with E-state index in [1.165, 1.54) is 43.1 Å². The minimum absolute atomic E-state index is 0.939. The van der Waals surface area contributed by atoms with Gasteiger partial charge in [-0.05, 0) is 127 Å². The van der Waals surface area contributed by atoms with Gasteiger partial charge in [0, 0.05) is 30.1 Å². The molecule has 0 fully saturated rings. The maximum atomic E-state index is 5.29. The van der Waals surface area contributed by atoms with Crippen LogP contribution in [0.3, 0.4) is 0 Å². The van der Waals surface area contributed by atoms with Crippen LogP contribution in [0.15, 0.2) is 171 Å². The van der Waals surface area contributed by atoms with Gasteiger partial charge in [0.25, 0.3) is 0 Å². The minimum Gasteiger partial charge on any atom is -0.115 e.